The summed E-state index contributed by atoms with van der Waals surface area (Å²) in [5, 5.41) is 17.9. The van der Waals surface area contributed by atoms with E-state index in [-0.39, 0.29) is 30.6 Å². The summed E-state index contributed by atoms with van der Waals surface area (Å²) in [7, 11) is 0. The molecule has 16 heavy (non-hydrogen) atoms. The molecule has 0 aromatic rings. The average Bonchev–Trinajstić information content (AvgIpc) is 2.21. The number of aliphatic hydroxyl groups excluding tert-OH is 1. The lowest BCUT2D eigenvalue weighted by Crippen LogP contribution is -2.19. The lowest BCUT2D eigenvalue weighted by atomic mass is 10.1. The zero-order valence-corrected chi connectivity index (χ0v) is 9.23. The molecule has 0 amide bonds. The highest BCUT2D eigenvalue weighted by molar-refractivity contribution is 5.87. The minimum Gasteiger partial charge on any atom is -0.478 e. The van der Waals surface area contributed by atoms with Crippen LogP contribution in [0.4, 0.5) is 0 Å². The maximum absolute atomic E-state index is 10.9. The molecule has 0 aliphatic carbocycles. The first-order valence-electron chi connectivity index (χ1n) is 4.76. The van der Waals surface area contributed by atoms with E-state index in [1.807, 2.05) is 0 Å². The summed E-state index contributed by atoms with van der Waals surface area (Å²) in [5.74, 6) is -1.66. The molecule has 1 unspecified atom stereocenters. The lowest BCUT2D eigenvalue weighted by molar-refractivity contribution is -0.142. The van der Waals surface area contributed by atoms with Crippen molar-refractivity contribution in [1.82, 2.24) is 0 Å². The zero-order valence-electron chi connectivity index (χ0n) is 9.23. The van der Waals surface area contributed by atoms with Gasteiger partial charge in [0.1, 0.15) is 6.61 Å². The molecule has 0 saturated carbocycles. The maximum atomic E-state index is 10.9. The van der Waals surface area contributed by atoms with Crippen LogP contribution >= 0.6 is 0 Å². The molecule has 5 nitrogen and oxygen atoms in total. The van der Waals surface area contributed by atoms with Crippen LogP contribution in [0.3, 0.4) is 0 Å². The molecule has 90 valence electrons. The Balaban J connectivity index is 3.79. The quantitative estimate of drug-likeness (QED) is 0.499. The number of hydrogen-bond donors (Lipinski definition) is 2. The van der Waals surface area contributed by atoms with Crippen molar-refractivity contribution < 1.29 is 24.5 Å². The Morgan fingerprint density at radius 3 is 2.38 bits per heavy atom. The van der Waals surface area contributed by atoms with Gasteiger partial charge in [-0.2, -0.15) is 0 Å². The van der Waals surface area contributed by atoms with Crippen LogP contribution in [0, 0.1) is 0 Å². The monoisotopic (exact) mass is 228 g/mol. The summed E-state index contributed by atoms with van der Waals surface area (Å²) in [6, 6.07) is 0. The number of rotatable bonds is 7. The number of hydrogen-bond acceptors (Lipinski definition) is 4. The van der Waals surface area contributed by atoms with E-state index in [0.717, 1.165) is 0 Å². The van der Waals surface area contributed by atoms with Gasteiger partial charge in [-0.15, -0.1) is 0 Å². The first-order chi connectivity index (χ1) is 7.34. The molecular formula is C11H16O5. The molecule has 5 heteroatoms. The fourth-order valence-corrected chi connectivity index (χ4v) is 0.826. The number of carbonyl (C=O) groups excluding carboxylic acids is 1. The van der Waals surface area contributed by atoms with E-state index in [4.69, 9.17) is 9.84 Å². The molecule has 0 rings (SSSR count). The Labute approximate surface area is 94.0 Å². The molecule has 0 spiro atoms. The maximum Gasteiger partial charge on any atom is 0.333 e. The molecule has 0 radical (unpaired) electrons. The number of carboxylic acid groups (broad SMARTS) is 1. The SMILES string of the molecule is C=C(C)C(=O)OCC(O)CCC(=C)C(=O)O. The van der Waals surface area contributed by atoms with Gasteiger partial charge in [0.25, 0.3) is 0 Å². The molecule has 0 aliphatic heterocycles. The molecular weight excluding hydrogens is 212 g/mol. The summed E-state index contributed by atoms with van der Waals surface area (Å²) >= 11 is 0. The highest BCUT2D eigenvalue weighted by Crippen LogP contribution is 2.06. The Hall–Kier alpha value is -1.62. The van der Waals surface area contributed by atoms with Gasteiger partial charge in [0.05, 0.1) is 6.10 Å². The lowest BCUT2D eigenvalue weighted by Gasteiger charge is -2.10. The Kier molecular flexibility index (Phi) is 6.10. The largest absolute Gasteiger partial charge is 0.478 e. The van der Waals surface area contributed by atoms with E-state index < -0.39 is 18.0 Å². The molecule has 2 N–H and O–H groups in total. The van der Waals surface area contributed by atoms with Gasteiger partial charge >= 0.3 is 11.9 Å². The highest BCUT2D eigenvalue weighted by Gasteiger charge is 2.11. The molecule has 0 aromatic heterocycles. The third-order valence-corrected chi connectivity index (χ3v) is 1.84. The second-order valence-corrected chi connectivity index (χ2v) is 3.48. The van der Waals surface area contributed by atoms with Gasteiger partial charge in [-0.05, 0) is 19.8 Å². The van der Waals surface area contributed by atoms with Crippen molar-refractivity contribution >= 4 is 11.9 Å². The van der Waals surface area contributed by atoms with Crippen LogP contribution in [0.2, 0.25) is 0 Å². The first-order valence-corrected chi connectivity index (χ1v) is 4.76. The summed E-state index contributed by atoms with van der Waals surface area (Å²) in [5.41, 5.74) is 0.271. The van der Waals surface area contributed by atoms with Crippen molar-refractivity contribution in [3.05, 3.63) is 24.3 Å². The topological polar surface area (TPSA) is 83.8 Å². The fourth-order valence-electron chi connectivity index (χ4n) is 0.826. The predicted octanol–water partition coefficient (Wildman–Crippen LogP) is 0.888. The Bertz CT molecular complexity index is 275. The number of carbonyl (C=O) groups is 2. The summed E-state index contributed by atoms with van der Waals surface area (Å²) in [6.45, 7) is 8.03. The van der Waals surface area contributed by atoms with Gasteiger partial charge in [0.15, 0.2) is 0 Å². The number of ether oxygens (including phenoxy) is 1. The normalized spacial score (nSPS) is 11.6. The smallest absolute Gasteiger partial charge is 0.333 e. The van der Waals surface area contributed by atoms with Crippen LogP contribution in [0.1, 0.15) is 19.8 Å². The van der Waals surface area contributed by atoms with Gasteiger partial charge < -0.3 is 14.9 Å². The third-order valence-electron chi connectivity index (χ3n) is 1.84. The summed E-state index contributed by atoms with van der Waals surface area (Å²) in [4.78, 5) is 21.3. The molecule has 0 heterocycles. The first kappa shape index (κ1) is 14.4. The molecule has 0 fully saturated rings. The molecule has 0 saturated heterocycles. The van der Waals surface area contributed by atoms with Gasteiger partial charge in [-0.1, -0.05) is 13.2 Å². The number of carboxylic acids is 1. The van der Waals surface area contributed by atoms with E-state index in [1.54, 1.807) is 0 Å². The average molecular weight is 228 g/mol. The Morgan fingerprint density at radius 1 is 1.38 bits per heavy atom. The minimum atomic E-state index is -1.09. The second-order valence-electron chi connectivity index (χ2n) is 3.48. The van der Waals surface area contributed by atoms with Crippen LogP contribution in [0.15, 0.2) is 24.3 Å². The van der Waals surface area contributed by atoms with E-state index >= 15 is 0 Å². The van der Waals surface area contributed by atoms with E-state index in [0.29, 0.717) is 0 Å². The number of esters is 1. The van der Waals surface area contributed by atoms with E-state index in [1.165, 1.54) is 6.92 Å². The van der Waals surface area contributed by atoms with Crippen LogP contribution in [0.25, 0.3) is 0 Å². The second kappa shape index (κ2) is 6.79. The third kappa shape index (κ3) is 5.98. The molecule has 1 atom stereocenters. The molecule has 0 aliphatic rings. The van der Waals surface area contributed by atoms with Crippen molar-refractivity contribution in [2.24, 2.45) is 0 Å². The van der Waals surface area contributed by atoms with Crippen molar-refractivity contribution in [2.45, 2.75) is 25.9 Å². The van der Waals surface area contributed by atoms with E-state index in [9.17, 15) is 14.7 Å². The van der Waals surface area contributed by atoms with Crippen molar-refractivity contribution in [1.29, 1.82) is 0 Å². The van der Waals surface area contributed by atoms with E-state index in [2.05, 4.69) is 13.2 Å². The van der Waals surface area contributed by atoms with Crippen LogP contribution in [-0.2, 0) is 14.3 Å². The van der Waals surface area contributed by atoms with Crippen molar-refractivity contribution in [3.63, 3.8) is 0 Å². The van der Waals surface area contributed by atoms with Crippen molar-refractivity contribution in [3.8, 4) is 0 Å². The number of aliphatic hydroxyl groups is 1. The van der Waals surface area contributed by atoms with Gasteiger partial charge in [0, 0.05) is 11.1 Å². The summed E-state index contributed by atoms with van der Waals surface area (Å²) in [6.07, 6.45) is -0.546. The Morgan fingerprint density at radius 2 is 1.94 bits per heavy atom. The van der Waals surface area contributed by atoms with Crippen LogP contribution < -0.4 is 0 Å². The van der Waals surface area contributed by atoms with Crippen LogP contribution in [0.5, 0.6) is 0 Å². The summed E-state index contributed by atoms with van der Waals surface area (Å²) < 4.78 is 4.69. The number of aliphatic carboxylic acids is 1. The molecule has 0 bridgehead atoms. The van der Waals surface area contributed by atoms with Crippen LogP contribution in [-0.4, -0.2) is 34.9 Å². The fraction of sp³-hybridized carbons (Fsp3) is 0.455. The highest BCUT2D eigenvalue weighted by atomic mass is 16.5. The predicted molar refractivity (Wildman–Crippen MR) is 57.8 cm³/mol. The standard InChI is InChI=1S/C11H16O5/c1-7(2)11(15)16-6-9(12)5-4-8(3)10(13)14/h9,12H,1,3-6H2,2H3,(H,13,14). The molecule has 0 aromatic carbocycles. The van der Waals surface area contributed by atoms with Gasteiger partial charge in [-0.3, -0.25) is 0 Å². The minimum absolute atomic E-state index is 0.0188. The van der Waals surface area contributed by atoms with Gasteiger partial charge in [0.2, 0.25) is 0 Å². The zero-order chi connectivity index (χ0) is 12.7. The van der Waals surface area contributed by atoms with Crippen molar-refractivity contribution in [2.75, 3.05) is 6.61 Å². The van der Waals surface area contributed by atoms with Gasteiger partial charge in [-0.25, -0.2) is 9.59 Å².